The molecule has 1 atom stereocenters. The third-order valence-electron chi connectivity index (χ3n) is 3.32. The molecule has 0 aliphatic carbocycles. The molecule has 2 aromatic heterocycles. The Kier molecular flexibility index (Phi) is 5.17. The summed E-state index contributed by atoms with van der Waals surface area (Å²) in [5.74, 6) is 0.0118. The Balaban J connectivity index is 1.88. The van der Waals surface area contributed by atoms with Crippen molar-refractivity contribution in [2.45, 2.75) is 46.3 Å². The quantitative estimate of drug-likeness (QED) is 0.867. The van der Waals surface area contributed by atoms with E-state index >= 15 is 0 Å². The van der Waals surface area contributed by atoms with E-state index < -0.39 is 0 Å². The number of carbonyl (C=O) groups is 1. The standard InChI is InChI=1S/C14H20BrN5O/c1-4-19-9-13(11(3)18-19)10(2)17-14(21)5-6-20-8-12(15)7-16-20/h7-10H,4-6H2,1-3H3,(H,17,21). The molecule has 1 N–H and O–H groups in total. The third kappa shape index (κ3) is 4.17. The van der Waals surface area contributed by atoms with Crippen LogP contribution in [0.25, 0.3) is 0 Å². The van der Waals surface area contributed by atoms with Crippen molar-refractivity contribution >= 4 is 21.8 Å². The van der Waals surface area contributed by atoms with Gasteiger partial charge in [0, 0.05) is 37.5 Å². The molecule has 2 heterocycles. The molecule has 0 aromatic carbocycles. The molecule has 2 rings (SSSR count). The van der Waals surface area contributed by atoms with E-state index in [1.165, 1.54) is 0 Å². The summed E-state index contributed by atoms with van der Waals surface area (Å²) in [6, 6.07) is -0.0397. The molecular weight excluding hydrogens is 334 g/mol. The number of aromatic nitrogens is 4. The van der Waals surface area contributed by atoms with E-state index in [2.05, 4.69) is 31.4 Å². The number of nitrogens with one attached hydrogen (secondary N) is 1. The first-order valence-electron chi connectivity index (χ1n) is 7.01. The molecule has 114 valence electrons. The van der Waals surface area contributed by atoms with Gasteiger partial charge in [0.1, 0.15) is 0 Å². The number of rotatable bonds is 6. The lowest BCUT2D eigenvalue weighted by molar-refractivity contribution is -0.122. The van der Waals surface area contributed by atoms with E-state index in [1.807, 2.05) is 37.8 Å². The van der Waals surface area contributed by atoms with Gasteiger partial charge in [-0.25, -0.2) is 0 Å². The number of aryl methyl sites for hydroxylation is 3. The molecule has 0 saturated carbocycles. The van der Waals surface area contributed by atoms with Gasteiger partial charge in [-0.15, -0.1) is 0 Å². The van der Waals surface area contributed by atoms with Crippen molar-refractivity contribution in [2.24, 2.45) is 0 Å². The van der Waals surface area contributed by atoms with E-state index in [0.717, 1.165) is 22.3 Å². The van der Waals surface area contributed by atoms with Gasteiger partial charge >= 0.3 is 0 Å². The number of hydrogen-bond donors (Lipinski definition) is 1. The van der Waals surface area contributed by atoms with Crippen LogP contribution in [0, 0.1) is 6.92 Å². The van der Waals surface area contributed by atoms with Crippen molar-refractivity contribution in [1.29, 1.82) is 0 Å². The SMILES string of the molecule is CCn1cc(C(C)NC(=O)CCn2cc(Br)cn2)c(C)n1. The Labute approximate surface area is 132 Å². The lowest BCUT2D eigenvalue weighted by Gasteiger charge is -2.13. The topological polar surface area (TPSA) is 64.7 Å². The highest BCUT2D eigenvalue weighted by atomic mass is 79.9. The zero-order valence-electron chi connectivity index (χ0n) is 12.5. The van der Waals surface area contributed by atoms with E-state index in [-0.39, 0.29) is 11.9 Å². The highest BCUT2D eigenvalue weighted by Crippen LogP contribution is 2.16. The van der Waals surface area contributed by atoms with Crippen LogP contribution >= 0.6 is 15.9 Å². The van der Waals surface area contributed by atoms with Crippen LogP contribution in [0.2, 0.25) is 0 Å². The molecular formula is C14H20BrN5O. The molecule has 1 amide bonds. The largest absolute Gasteiger partial charge is 0.349 e. The smallest absolute Gasteiger partial charge is 0.222 e. The summed E-state index contributed by atoms with van der Waals surface area (Å²) in [5.41, 5.74) is 2.02. The fraction of sp³-hybridized carbons (Fsp3) is 0.500. The normalized spacial score (nSPS) is 12.4. The first kappa shape index (κ1) is 15.8. The van der Waals surface area contributed by atoms with Gasteiger partial charge < -0.3 is 5.32 Å². The Bertz CT molecular complexity index is 619. The summed E-state index contributed by atoms with van der Waals surface area (Å²) in [6.45, 7) is 7.38. The van der Waals surface area contributed by atoms with E-state index in [0.29, 0.717) is 13.0 Å². The fourth-order valence-corrected chi connectivity index (χ4v) is 2.52. The molecule has 0 bridgehead atoms. The Morgan fingerprint density at radius 1 is 1.43 bits per heavy atom. The van der Waals surface area contributed by atoms with Crippen molar-refractivity contribution in [3.8, 4) is 0 Å². The molecule has 21 heavy (non-hydrogen) atoms. The molecule has 0 radical (unpaired) electrons. The molecule has 0 aliphatic heterocycles. The second kappa shape index (κ2) is 6.89. The molecule has 1 unspecified atom stereocenters. The highest BCUT2D eigenvalue weighted by Gasteiger charge is 2.14. The summed E-state index contributed by atoms with van der Waals surface area (Å²) < 4.78 is 4.54. The van der Waals surface area contributed by atoms with Gasteiger partial charge in [-0.2, -0.15) is 10.2 Å². The van der Waals surface area contributed by atoms with Gasteiger partial charge in [-0.05, 0) is 36.7 Å². The van der Waals surface area contributed by atoms with Crippen LogP contribution in [0.3, 0.4) is 0 Å². The Hall–Kier alpha value is -1.63. The molecule has 0 aliphatic rings. The molecule has 0 fully saturated rings. The highest BCUT2D eigenvalue weighted by molar-refractivity contribution is 9.10. The van der Waals surface area contributed by atoms with Crippen LogP contribution in [-0.4, -0.2) is 25.5 Å². The molecule has 0 spiro atoms. The summed E-state index contributed by atoms with van der Waals surface area (Å²) in [5, 5.41) is 11.5. The maximum atomic E-state index is 12.0. The molecule has 7 heteroatoms. The van der Waals surface area contributed by atoms with Crippen LogP contribution < -0.4 is 5.32 Å². The van der Waals surface area contributed by atoms with Gasteiger partial charge in [0.15, 0.2) is 0 Å². The second-order valence-corrected chi connectivity index (χ2v) is 5.90. The summed E-state index contributed by atoms with van der Waals surface area (Å²) >= 11 is 3.33. The second-order valence-electron chi connectivity index (χ2n) is 4.99. The van der Waals surface area contributed by atoms with Crippen molar-refractivity contribution in [2.75, 3.05) is 0 Å². The number of nitrogens with zero attached hydrogens (tertiary/aromatic N) is 4. The fourth-order valence-electron chi connectivity index (χ4n) is 2.19. The third-order valence-corrected chi connectivity index (χ3v) is 3.73. The number of carbonyl (C=O) groups excluding carboxylic acids is 1. The van der Waals surface area contributed by atoms with Gasteiger partial charge in [-0.3, -0.25) is 14.2 Å². The lowest BCUT2D eigenvalue weighted by atomic mass is 10.1. The Morgan fingerprint density at radius 3 is 2.76 bits per heavy atom. The molecule has 0 saturated heterocycles. The van der Waals surface area contributed by atoms with Crippen LogP contribution in [-0.2, 0) is 17.9 Å². The monoisotopic (exact) mass is 353 g/mol. The summed E-state index contributed by atoms with van der Waals surface area (Å²) in [6.07, 6.45) is 5.96. The van der Waals surface area contributed by atoms with E-state index in [4.69, 9.17) is 0 Å². The van der Waals surface area contributed by atoms with Crippen molar-refractivity contribution in [3.05, 3.63) is 34.3 Å². The first-order valence-corrected chi connectivity index (χ1v) is 7.80. The minimum atomic E-state index is -0.0397. The van der Waals surface area contributed by atoms with Crippen molar-refractivity contribution in [1.82, 2.24) is 24.9 Å². The maximum Gasteiger partial charge on any atom is 0.222 e. The van der Waals surface area contributed by atoms with E-state index in [9.17, 15) is 4.79 Å². The molecule has 6 nitrogen and oxygen atoms in total. The zero-order chi connectivity index (χ0) is 15.4. The van der Waals surface area contributed by atoms with Gasteiger partial charge in [0.2, 0.25) is 5.91 Å². The number of hydrogen-bond acceptors (Lipinski definition) is 3. The van der Waals surface area contributed by atoms with Gasteiger partial charge in [0.05, 0.1) is 22.4 Å². The predicted molar refractivity (Wildman–Crippen MR) is 83.7 cm³/mol. The van der Waals surface area contributed by atoms with Gasteiger partial charge in [-0.1, -0.05) is 0 Å². The van der Waals surface area contributed by atoms with Crippen molar-refractivity contribution < 1.29 is 4.79 Å². The summed E-state index contributed by atoms with van der Waals surface area (Å²) in [7, 11) is 0. The van der Waals surface area contributed by atoms with Crippen LogP contribution in [0.15, 0.2) is 23.1 Å². The van der Waals surface area contributed by atoms with Crippen molar-refractivity contribution in [3.63, 3.8) is 0 Å². The van der Waals surface area contributed by atoms with Crippen LogP contribution in [0.1, 0.15) is 37.6 Å². The summed E-state index contributed by atoms with van der Waals surface area (Å²) in [4.78, 5) is 12.0. The average molecular weight is 354 g/mol. The predicted octanol–water partition coefficient (Wildman–Crippen LogP) is 2.44. The van der Waals surface area contributed by atoms with Gasteiger partial charge in [0.25, 0.3) is 0 Å². The van der Waals surface area contributed by atoms with E-state index in [1.54, 1.807) is 10.9 Å². The van der Waals surface area contributed by atoms with Crippen LogP contribution in [0.5, 0.6) is 0 Å². The number of amides is 1. The first-order chi connectivity index (χ1) is 9.99. The Morgan fingerprint density at radius 2 is 2.19 bits per heavy atom. The molecule has 2 aromatic rings. The van der Waals surface area contributed by atoms with Crippen LogP contribution in [0.4, 0.5) is 0 Å². The number of halogens is 1. The lowest BCUT2D eigenvalue weighted by Crippen LogP contribution is -2.27. The zero-order valence-corrected chi connectivity index (χ0v) is 14.1. The average Bonchev–Trinajstić information content (AvgIpc) is 3.02. The maximum absolute atomic E-state index is 12.0. The minimum absolute atomic E-state index is 0.0118. The minimum Gasteiger partial charge on any atom is -0.349 e.